The highest BCUT2D eigenvalue weighted by molar-refractivity contribution is 5.73. The Balaban J connectivity index is 0.000000406. The van der Waals surface area contributed by atoms with E-state index in [1.807, 2.05) is 6.33 Å². The van der Waals surface area contributed by atoms with Crippen molar-refractivity contribution in [1.82, 2.24) is 9.55 Å². The molecule has 0 amide bonds. The Morgan fingerprint density at radius 3 is 2.00 bits per heavy atom. The van der Waals surface area contributed by atoms with E-state index in [4.69, 9.17) is 14.9 Å². The van der Waals surface area contributed by atoms with Gasteiger partial charge in [0.25, 0.3) is 0 Å². The zero-order valence-electron chi connectivity index (χ0n) is 18.7. The molecule has 0 aliphatic carbocycles. The summed E-state index contributed by atoms with van der Waals surface area (Å²) >= 11 is 0. The van der Waals surface area contributed by atoms with Crippen LogP contribution in [0.2, 0.25) is 0 Å². The minimum absolute atomic E-state index is 0.843. The molecule has 0 fully saturated rings. The third-order valence-corrected chi connectivity index (χ3v) is 5.11. The lowest BCUT2D eigenvalue weighted by Gasteiger charge is -2.11. The van der Waals surface area contributed by atoms with Crippen LogP contribution in [0.25, 0.3) is 22.4 Å². The van der Waals surface area contributed by atoms with Crippen LogP contribution >= 0.6 is 0 Å². The average Bonchev–Trinajstić information content (AvgIpc) is 3.22. The lowest BCUT2D eigenvalue weighted by molar-refractivity contribution is -0.192. The van der Waals surface area contributed by atoms with Crippen molar-refractivity contribution >= 4 is 5.97 Å². The van der Waals surface area contributed by atoms with Gasteiger partial charge >= 0.3 is 12.1 Å². The summed E-state index contributed by atoms with van der Waals surface area (Å²) in [6.45, 7) is 3.07. The number of benzene rings is 3. The van der Waals surface area contributed by atoms with Crippen molar-refractivity contribution in [3.63, 3.8) is 0 Å². The molecule has 1 aromatic heterocycles. The summed E-state index contributed by atoms with van der Waals surface area (Å²) in [6, 6.07) is 29.8. The maximum atomic E-state index is 10.6. The van der Waals surface area contributed by atoms with Crippen LogP contribution in [0.5, 0.6) is 0 Å². The summed E-state index contributed by atoms with van der Waals surface area (Å²) < 4.78 is 34.0. The maximum absolute atomic E-state index is 10.6. The van der Waals surface area contributed by atoms with Crippen LogP contribution in [0, 0.1) is 0 Å². The Bertz CT molecular complexity index is 1200. The van der Waals surface area contributed by atoms with Crippen LogP contribution in [0.4, 0.5) is 13.2 Å². The average molecular weight is 467 g/mol. The largest absolute Gasteiger partial charge is 0.490 e. The lowest BCUT2D eigenvalue weighted by Crippen LogP contribution is -2.21. The van der Waals surface area contributed by atoms with E-state index in [1.165, 1.54) is 27.9 Å². The van der Waals surface area contributed by atoms with E-state index in [0.717, 1.165) is 25.1 Å². The number of carboxylic acid groups (broad SMARTS) is 1. The van der Waals surface area contributed by atoms with Crippen molar-refractivity contribution in [2.75, 3.05) is 0 Å². The summed E-state index contributed by atoms with van der Waals surface area (Å²) in [5.41, 5.74) is 7.42. The van der Waals surface area contributed by atoms with Crippen molar-refractivity contribution < 1.29 is 23.1 Å². The van der Waals surface area contributed by atoms with Crippen molar-refractivity contribution in [3.8, 4) is 22.4 Å². The number of rotatable bonds is 6. The summed E-state index contributed by atoms with van der Waals surface area (Å²) in [5, 5.41) is 7.12. The molecule has 7 heteroatoms. The Labute approximate surface area is 196 Å². The summed E-state index contributed by atoms with van der Waals surface area (Å²) in [5.74, 6) is -2.76. The Kier molecular flexibility index (Phi) is 8.24. The van der Waals surface area contributed by atoms with Crippen molar-refractivity contribution in [2.24, 2.45) is 0 Å². The number of hydrogen-bond acceptors (Lipinski definition) is 2. The number of imidazole rings is 1. The summed E-state index contributed by atoms with van der Waals surface area (Å²) in [7, 11) is 0. The van der Waals surface area contributed by atoms with Crippen LogP contribution in [0.15, 0.2) is 91.3 Å². The van der Waals surface area contributed by atoms with Crippen LogP contribution in [-0.2, 0) is 17.8 Å². The third-order valence-electron chi connectivity index (χ3n) is 5.11. The topological polar surface area (TPSA) is 55.1 Å². The lowest BCUT2D eigenvalue weighted by atomic mass is 10.0. The number of nitrogens with zero attached hydrogens (tertiary/aromatic N) is 2. The van der Waals surface area contributed by atoms with Gasteiger partial charge in [-0.05, 0) is 29.2 Å². The molecule has 4 aromatic rings. The molecular formula is C27H25F3N2O2. The van der Waals surface area contributed by atoms with E-state index in [0.29, 0.717) is 0 Å². The number of aromatic nitrogens is 2. The second-order valence-corrected chi connectivity index (χ2v) is 7.65. The van der Waals surface area contributed by atoms with E-state index in [-0.39, 0.29) is 0 Å². The van der Waals surface area contributed by atoms with Gasteiger partial charge in [0.1, 0.15) is 0 Å². The fourth-order valence-corrected chi connectivity index (χ4v) is 3.56. The molecule has 3 aromatic carbocycles. The maximum Gasteiger partial charge on any atom is 0.490 e. The molecule has 4 rings (SSSR count). The first kappa shape index (κ1) is 24.8. The molecule has 1 N–H and O–H groups in total. The first-order chi connectivity index (χ1) is 16.3. The number of aliphatic carboxylic acids is 1. The predicted octanol–water partition coefficient (Wildman–Crippen LogP) is 6.85. The van der Waals surface area contributed by atoms with E-state index in [9.17, 15) is 13.2 Å². The van der Waals surface area contributed by atoms with Gasteiger partial charge in [0.05, 0.1) is 12.0 Å². The summed E-state index contributed by atoms with van der Waals surface area (Å²) in [6.07, 6.45) is -0.958. The van der Waals surface area contributed by atoms with Crippen LogP contribution in [0.1, 0.15) is 24.6 Å². The zero-order chi connectivity index (χ0) is 24.6. The van der Waals surface area contributed by atoms with Gasteiger partial charge in [-0.15, -0.1) is 0 Å². The molecule has 176 valence electrons. The Hall–Kier alpha value is -3.87. The molecule has 0 saturated heterocycles. The minimum Gasteiger partial charge on any atom is -0.475 e. The van der Waals surface area contributed by atoms with E-state index in [1.54, 1.807) is 0 Å². The molecule has 0 atom stereocenters. The molecule has 0 bridgehead atoms. The molecule has 0 aliphatic rings. The van der Waals surface area contributed by atoms with Gasteiger partial charge in [-0.3, -0.25) is 0 Å². The van der Waals surface area contributed by atoms with Gasteiger partial charge in [-0.2, -0.15) is 13.2 Å². The molecule has 0 radical (unpaired) electrons. The Morgan fingerprint density at radius 1 is 0.882 bits per heavy atom. The minimum atomic E-state index is -5.08. The van der Waals surface area contributed by atoms with Gasteiger partial charge in [-0.1, -0.05) is 92.2 Å². The van der Waals surface area contributed by atoms with Crippen LogP contribution in [-0.4, -0.2) is 26.8 Å². The third kappa shape index (κ3) is 6.57. The Morgan fingerprint density at radius 2 is 1.44 bits per heavy atom. The van der Waals surface area contributed by atoms with Crippen molar-refractivity contribution in [2.45, 2.75) is 32.5 Å². The van der Waals surface area contributed by atoms with Crippen LogP contribution < -0.4 is 0 Å². The fourth-order valence-electron chi connectivity index (χ4n) is 3.56. The summed E-state index contributed by atoms with van der Waals surface area (Å²) in [4.78, 5) is 13.6. The molecule has 0 saturated carbocycles. The van der Waals surface area contributed by atoms with E-state index < -0.39 is 12.1 Å². The monoisotopic (exact) mass is 466 g/mol. The van der Waals surface area contributed by atoms with Gasteiger partial charge in [0, 0.05) is 17.8 Å². The molecular weight excluding hydrogens is 441 g/mol. The standard InChI is InChI=1S/C25H24N2.C2HF3O2/c1-2-10-24-25(22-14-7-4-8-15-22)26-19-27(24)18-20-11-9-16-23(17-20)21-12-5-3-6-13-21;3-2(4,5)1(6)7/h3-9,11-17,19H,2,10,18H2,1H3;(H,6,7). The second kappa shape index (κ2) is 11.3. The van der Waals surface area contributed by atoms with Gasteiger partial charge < -0.3 is 9.67 Å². The van der Waals surface area contributed by atoms with Crippen molar-refractivity contribution in [3.05, 3.63) is 103 Å². The molecule has 0 aliphatic heterocycles. The smallest absolute Gasteiger partial charge is 0.475 e. The highest BCUT2D eigenvalue weighted by atomic mass is 19.4. The number of alkyl halides is 3. The van der Waals surface area contributed by atoms with Gasteiger partial charge in [0.15, 0.2) is 0 Å². The SMILES string of the molecule is CCCc1c(-c2ccccc2)ncn1Cc1cccc(-c2ccccc2)c1.O=C(O)C(F)(F)F. The van der Waals surface area contributed by atoms with E-state index in [2.05, 4.69) is 96.4 Å². The predicted molar refractivity (Wildman–Crippen MR) is 126 cm³/mol. The first-order valence-corrected chi connectivity index (χ1v) is 10.8. The number of hydrogen-bond donors (Lipinski definition) is 1. The number of carbonyl (C=O) groups is 1. The van der Waals surface area contributed by atoms with E-state index >= 15 is 0 Å². The van der Waals surface area contributed by atoms with Crippen molar-refractivity contribution in [1.29, 1.82) is 0 Å². The quantitative estimate of drug-likeness (QED) is 0.338. The molecule has 34 heavy (non-hydrogen) atoms. The van der Waals surface area contributed by atoms with Gasteiger partial charge in [-0.25, -0.2) is 9.78 Å². The number of halogens is 3. The zero-order valence-corrected chi connectivity index (χ0v) is 18.7. The highest BCUT2D eigenvalue weighted by Gasteiger charge is 2.38. The molecule has 1 heterocycles. The van der Waals surface area contributed by atoms with Crippen LogP contribution in [0.3, 0.4) is 0 Å². The first-order valence-electron chi connectivity index (χ1n) is 10.8. The molecule has 0 spiro atoms. The second-order valence-electron chi connectivity index (χ2n) is 7.65. The normalized spacial score (nSPS) is 10.9. The molecule has 0 unspecified atom stereocenters. The fraction of sp³-hybridized carbons (Fsp3) is 0.185. The highest BCUT2D eigenvalue weighted by Crippen LogP contribution is 2.25. The van der Waals surface area contributed by atoms with Gasteiger partial charge in [0.2, 0.25) is 0 Å². The number of carboxylic acids is 1. The molecule has 4 nitrogen and oxygen atoms in total.